The van der Waals surface area contributed by atoms with Crippen molar-refractivity contribution < 1.29 is 22.8 Å². The van der Waals surface area contributed by atoms with Gasteiger partial charge in [-0.3, -0.25) is 9.59 Å². The first kappa shape index (κ1) is 25.4. The maximum absolute atomic E-state index is 14.1. The molecule has 1 fully saturated rings. The Morgan fingerprint density at radius 3 is 2.14 bits per heavy atom. The van der Waals surface area contributed by atoms with Crippen LogP contribution in [-0.2, 0) is 4.79 Å². The molecular formula is C23H14Cl4F3N3O2. The average Bonchev–Trinajstić information content (AvgIpc) is 3.35. The molecule has 0 spiro atoms. The number of hydrogen-bond acceptors (Lipinski definition) is 3. The number of nitrogen functional groups attached to an aromatic ring is 1. The molecule has 12 heteroatoms. The summed E-state index contributed by atoms with van der Waals surface area (Å²) in [5.41, 5.74) is 4.97. The summed E-state index contributed by atoms with van der Waals surface area (Å²) in [6.07, 6.45) is 0. The van der Waals surface area contributed by atoms with Gasteiger partial charge in [0, 0.05) is 17.3 Å². The Morgan fingerprint density at radius 2 is 1.51 bits per heavy atom. The Labute approximate surface area is 217 Å². The number of benzene rings is 3. The van der Waals surface area contributed by atoms with Crippen molar-refractivity contribution >= 4 is 75.3 Å². The predicted molar refractivity (Wildman–Crippen MR) is 131 cm³/mol. The molecule has 3 aromatic carbocycles. The summed E-state index contributed by atoms with van der Waals surface area (Å²) in [5, 5.41) is 4.51. The van der Waals surface area contributed by atoms with Crippen molar-refractivity contribution in [3.63, 3.8) is 0 Å². The second kappa shape index (κ2) is 9.43. The van der Waals surface area contributed by atoms with E-state index in [1.807, 2.05) is 0 Å². The third kappa shape index (κ3) is 5.02. The molecule has 0 bridgehead atoms. The quantitative estimate of drug-likeness (QED) is 0.237. The van der Waals surface area contributed by atoms with Crippen LogP contribution < -0.4 is 16.4 Å². The first-order chi connectivity index (χ1) is 16.4. The van der Waals surface area contributed by atoms with Crippen molar-refractivity contribution in [3.8, 4) is 0 Å². The van der Waals surface area contributed by atoms with Crippen LogP contribution in [0.2, 0.25) is 10.0 Å². The van der Waals surface area contributed by atoms with Gasteiger partial charge in [0.2, 0.25) is 5.91 Å². The van der Waals surface area contributed by atoms with Crippen LogP contribution in [0.25, 0.3) is 0 Å². The number of halogens is 7. The first-order valence-corrected chi connectivity index (χ1v) is 11.4. The van der Waals surface area contributed by atoms with Crippen LogP contribution in [0.4, 0.5) is 30.2 Å². The van der Waals surface area contributed by atoms with Crippen LogP contribution in [0.3, 0.4) is 0 Å². The number of hydrogen-bond donors (Lipinski definition) is 3. The number of carbonyl (C=O) groups is 2. The lowest BCUT2D eigenvalue weighted by molar-refractivity contribution is -0.117. The first-order valence-electron chi connectivity index (χ1n) is 9.89. The monoisotopic (exact) mass is 561 g/mol. The van der Waals surface area contributed by atoms with E-state index in [0.717, 1.165) is 18.2 Å². The van der Waals surface area contributed by atoms with E-state index in [0.29, 0.717) is 5.56 Å². The van der Waals surface area contributed by atoms with E-state index in [1.165, 1.54) is 30.3 Å². The third-order valence-electron chi connectivity index (χ3n) is 5.42. The second-order valence-electron chi connectivity index (χ2n) is 7.80. The number of nitrogens with one attached hydrogen (secondary N) is 2. The molecule has 5 nitrogen and oxygen atoms in total. The summed E-state index contributed by atoms with van der Waals surface area (Å²) in [6, 6.07) is 9.57. The zero-order valence-electron chi connectivity index (χ0n) is 17.3. The standard InChI is InChI=1S/C23H14Cl4F3N3O2/c24-13-3-2-11(8-12(13)21(34)33-20-16(29)6-10(31)7-17(20)30)32-22(35)19-18(23(19,26)27)9-1-4-15(28)14(25)5-9/h1-8,18-19H,31H2,(H,32,35)(H,33,34)/t18-,19+/m0/s1. The van der Waals surface area contributed by atoms with E-state index < -0.39 is 51.1 Å². The number of carbonyl (C=O) groups excluding carboxylic acids is 2. The van der Waals surface area contributed by atoms with Crippen LogP contribution in [0.15, 0.2) is 48.5 Å². The molecule has 1 saturated carbocycles. The van der Waals surface area contributed by atoms with Crippen molar-refractivity contribution in [1.82, 2.24) is 0 Å². The number of rotatable bonds is 5. The van der Waals surface area contributed by atoms with Crippen molar-refractivity contribution in [2.45, 2.75) is 10.3 Å². The molecule has 0 unspecified atom stereocenters. The van der Waals surface area contributed by atoms with Crippen molar-refractivity contribution in [2.75, 3.05) is 16.4 Å². The van der Waals surface area contributed by atoms with Gasteiger partial charge in [-0.15, -0.1) is 23.2 Å². The highest BCUT2D eigenvalue weighted by Gasteiger charge is 2.67. The average molecular weight is 563 g/mol. The molecule has 2 amide bonds. The molecule has 3 aromatic rings. The van der Waals surface area contributed by atoms with Gasteiger partial charge in [0.25, 0.3) is 5.91 Å². The Hall–Kier alpha value is -2.65. The Kier molecular flexibility index (Phi) is 6.85. The molecule has 0 aromatic heterocycles. The Balaban J connectivity index is 1.52. The minimum atomic E-state index is -1.47. The summed E-state index contributed by atoms with van der Waals surface area (Å²) < 4.78 is 40.1. The molecule has 182 valence electrons. The van der Waals surface area contributed by atoms with E-state index in [9.17, 15) is 22.8 Å². The molecule has 1 aliphatic carbocycles. The molecule has 4 rings (SSSR count). The van der Waals surface area contributed by atoms with Gasteiger partial charge >= 0.3 is 0 Å². The Bertz CT molecular complexity index is 1350. The molecule has 2 atom stereocenters. The molecule has 0 aliphatic heterocycles. The second-order valence-corrected chi connectivity index (χ2v) is 10.1. The fraction of sp³-hybridized carbons (Fsp3) is 0.130. The summed E-state index contributed by atoms with van der Waals surface area (Å²) in [4.78, 5) is 25.5. The van der Waals surface area contributed by atoms with Gasteiger partial charge in [-0.2, -0.15) is 0 Å². The molecule has 0 radical (unpaired) electrons. The van der Waals surface area contributed by atoms with Crippen LogP contribution in [0, 0.1) is 23.4 Å². The molecule has 35 heavy (non-hydrogen) atoms. The fourth-order valence-electron chi connectivity index (χ4n) is 3.66. The normalized spacial score (nSPS) is 18.1. The number of alkyl halides is 2. The number of nitrogens with two attached hydrogens (primary N) is 1. The van der Waals surface area contributed by atoms with Gasteiger partial charge < -0.3 is 16.4 Å². The maximum Gasteiger partial charge on any atom is 0.257 e. The summed E-state index contributed by atoms with van der Waals surface area (Å²) >= 11 is 24.5. The van der Waals surface area contributed by atoms with Crippen LogP contribution >= 0.6 is 46.4 Å². The molecular weight excluding hydrogens is 549 g/mol. The molecule has 1 aliphatic rings. The van der Waals surface area contributed by atoms with E-state index >= 15 is 0 Å². The number of anilines is 3. The lowest BCUT2D eigenvalue weighted by Crippen LogP contribution is -2.19. The van der Waals surface area contributed by atoms with Gasteiger partial charge in [-0.25, -0.2) is 13.2 Å². The van der Waals surface area contributed by atoms with E-state index in [-0.39, 0.29) is 27.0 Å². The van der Waals surface area contributed by atoms with Crippen molar-refractivity contribution in [1.29, 1.82) is 0 Å². The third-order valence-corrected chi connectivity index (χ3v) is 6.98. The van der Waals surface area contributed by atoms with E-state index in [1.54, 1.807) is 0 Å². The predicted octanol–water partition coefficient (Wildman–Crippen LogP) is 6.77. The summed E-state index contributed by atoms with van der Waals surface area (Å²) in [6.45, 7) is 0. The molecule has 0 saturated heterocycles. The summed E-state index contributed by atoms with van der Waals surface area (Å²) in [7, 11) is 0. The topological polar surface area (TPSA) is 84.2 Å². The lowest BCUT2D eigenvalue weighted by Gasteiger charge is -2.12. The zero-order valence-corrected chi connectivity index (χ0v) is 20.3. The minimum Gasteiger partial charge on any atom is -0.399 e. The smallest absolute Gasteiger partial charge is 0.257 e. The van der Waals surface area contributed by atoms with Crippen molar-refractivity contribution in [3.05, 3.63) is 87.2 Å². The van der Waals surface area contributed by atoms with Gasteiger partial charge in [-0.1, -0.05) is 29.3 Å². The minimum absolute atomic E-state index is 0.0361. The van der Waals surface area contributed by atoms with Crippen LogP contribution in [0.5, 0.6) is 0 Å². The highest BCUT2D eigenvalue weighted by atomic mass is 35.5. The largest absolute Gasteiger partial charge is 0.399 e. The van der Waals surface area contributed by atoms with Gasteiger partial charge in [0.1, 0.15) is 15.8 Å². The van der Waals surface area contributed by atoms with Gasteiger partial charge in [0.05, 0.1) is 21.5 Å². The number of amides is 2. The SMILES string of the molecule is Nc1cc(F)c(NC(=O)c2cc(NC(=O)[C@H]3[C@H](c4ccc(F)c(Cl)c4)C3(Cl)Cl)ccc2Cl)c(F)c1. The zero-order chi connectivity index (χ0) is 25.7. The molecule has 4 N–H and O–H groups in total. The summed E-state index contributed by atoms with van der Waals surface area (Å²) in [5.74, 6) is -5.84. The highest BCUT2D eigenvalue weighted by Crippen LogP contribution is 2.65. The van der Waals surface area contributed by atoms with E-state index in [2.05, 4.69) is 10.6 Å². The Morgan fingerprint density at radius 1 is 0.857 bits per heavy atom. The van der Waals surface area contributed by atoms with Gasteiger partial charge in [0.15, 0.2) is 11.6 Å². The van der Waals surface area contributed by atoms with E-state index in [4.69, 9.17) is 52.1 Å². The van der Waals surface area contributed by atoms with Crippen LogP contribution in [0.1, 0.15) is 21.8 Å². The van der Waals surface area contributed by atoms with Crippen molar-refractivity contribution in [2.24, 2.45) is 5.92 Å². The van der Waals surface area contributed by atoms with Gasteiger partial charge in [-0.05, 0) is 48.0 Å². The fourth-order valence-corrected chi connectivity index (χ4v) is 4.88. The van der Waals surface area contributed by atoms with Crippen LogP contribution in [-0.4, -0.2) is 16.1 Å². The lowest BCUT2D eigenvalue weighted by atomic mass is 10.1. The highest BCUT2D eigenvalue weighted by molar-refractivity contribution is 6.53. The maximum atomic E-state index is 14.1. The molecule has 0 heterocycles.